The number of fused-ring (bicyclic) bond motifs is 1. The summed E-state index contributed by atoms with van der Waals surface area (Å²) in [6.07, 6.45) is 0. The molecule has 0 amide bonds. The molecule has 1 aliphatic rings. The van der Waals surface area contributed by atoms with Gasteiger partial charge in [-0.05, 0) is 6.92 Å². The summed E-state index contributed by atoms with van der Waals surface area (Å²) in [5.41, 5.74) is 11.3. The molecule has 2 aromatic heterocycles. The molecule has 96 valence electrons. The number of rotatable bonds is 1. The lowest BCUT2D eigenvalue weighted by Gasteiger charge is -2.23. The Morgan fingerprint density at radius 1 is 1.44 bits per heavy atom. The molecule has 0 bridgehead atoms. The van der Waals surface area contributed by atoms with Crippen molar-refractivity contribution in [3.05, 3.63) is 16.2 Å². The predicted octanol–water partition coefficient (Wildman–Crippen LogP) is -1.16. The van der Waals surface area contributed by atoms with E-state index >= 15 is 0 Å². The van der Waals surface area contributed by atoms with Crippen molar-refractivity contribution in [2.24, 2.45) is 5.73 Å². The Balaban J connectivity index is 2.20. The Labute approximate surface area is 102 Å². The summed E-state index contributed by atoms with van der Waals surface area (Å²) in [6, 6.07) is -0.172. The number of imidazole rings is 1. The third-order valence-corrected chi connectivity index (χ3v) is 3.44. The number of nitrogens with one attached hydrogen (secondary N) is 2. The lowest BCUT2D eigenvalue weighted by Crippen LogP contribution is -2.42. The Hall–Kier alpha value is -1.93. The molecule has 8 nitrogen and oxygen atoms in total. The van der Waals surface area contributed by atoms with Gasteiger partial charge in [0.1, 0.15) is 5.82 Å². The van der Waals surface area contributed by atoms with E-state index in [0.717, 1.165) is 0 Å². The van der Waals surface area contributed by atoms with Crippen molar-refractivity contribution >= 4 is 17.1 Å². The van der Waals surface area contributed by atoms with E-state index in [4.69, 9.17) is 16.2 Å². The van der Waals surface area contributed by atoms with Crippen molar-refractivity contribution in [3.8, 4) is 0 Å². The first-order chi connectivity index (χ1) is 8.50. The van der Waals surface area contributed by atoms with Crippen LogP contribution in [-0.2, 0) is 10.2 Å². The zero-order valence-corrected chi connectivity index (χ0v) is 9.86. The summed E-state index contributed by atoms with van der Waals surface area (Å²) in [6.45, 7) is 2.88. The van der Waals surface area contributed by atoms with Gasteiger partial charge in [0.15, 0.2) is 11.2 Å². The maximum absolute atomic E-state index is 11.7. The van der Waals surface area contributed by atoms with E-state index in [9.17, 15) is 4.79 Å². The maximum Gasteiger partial charge on any atom is 0.278 e. The first-order valence-electron chi connectivity index (χ1n) is 5.60. The Bertz CT molecular complexity index is 662. The minimum absolute atomic E-state index is 0.0441. The quantitative estimate of drug-likeness (QED) is 0.504. The number of nitrogens with zero attached hydrogens (tertiary/aromatic N) is 2. The zero-order chi connectivity index (χ0) is 12.9. The van der Waals surface area contributed by atoms with Crippen LogP contribution < -0.4 is 17.0 Å². The summed E-state index contributed by atoms with van der Waals surface area (Å²) in [7, 11) is 0. The second kappa shape index (κ2) is 3.53. The summed E-state index contributed by atoms with van der Waals surface area (Å²) >= 11 is 0. The molecule has 3 heterocycles. The molecule has 0 radical (unpaired) electrons. The fraction of sp³-hybridized carbons (Fsp3) is 0.500. The number of hydrogen-bond acceptors (Lipinski definition) is 6. The maximum atomic E-state index is 11.7. The van der Waals surface area contributed by atoms with E-state index < -0.39 is 5.41 Å². The van der Waals surface area contributed by atoms with Gasteiger partial charge in [-0.2, -0.15) is 4.98 Å². The molecule has 6 N–H and O–H groups in total. The molecule has 18 heavy (non-hydrogen) atoms. The molecule has 1 fully saturated rings. The van der Waals surface area contributed by atoms with E-state index in [0.29, 0.717) is 30.2 Å². The van der Waals surface area contributed by atoms with Crippen molar-refractivity contribution in [2.75, 3.05) is 18.9 Å². The number of nitrogens with two attached hydrogens (primary N) is 2. The Morgan fingerprint density at radius 3 is 2.89 bits per heavy atom. The highest BCUT2D eigenvalue weighted by Gasteiger charge is 2.42. The highest BCUT2D eigenvalue weighted by Crippen LogP contribution is 2.30. The van der Waals surface area contributed by atoms with Gasteiger partial charge in [-0.25, -0.2) is 4.98 Å². The second-order valence-corrected chi connectivity index (χ2v) is 4.77. The molecule has 2 aromatic rings. The molecule has 2 unspecified atom stereocenters. The molecule has 1 saturated heterocycles. The van der Waals surface area contributed by atoms with Crippen LogP contribution in [0.3, 0.4) is 0 Å². The summed E-state index contributed by atoms with van der Waals surface area (Å²) in [4.78, 5) is 25.4. The number of aromatic amines is 2. The van der Waals surface area contributed by atoms with Gasteiger partial charge in [0, 0.05) is 6.04 Å². The fourth-order valence-corrected chi connectivity index (χ4v) is 2.13. The highest BCUT2D eigenvalue weighted by atomic mass is 16.5. The van der Waals surface area contributed by atoms with Gasteiger partial charge >= 0.3 is 0 Å². The van der Waals surface area contributed by atoms with Crippen molar-refractivity contribution in [2.45, 2.75) is 18.4 Å². The van der Waals surface area contributed by atoms with Crippen LogP contribution in [0.1, 0.15) is 12.7 Å². The van der Waals surface area contributed by atoms with E-state index in [-0.39, 0.29) is 17.5 Å². The van der Waals surface area contributed by atoms with E-state index in [1.165, 1.54) is 0 Å². The topological polar surface area (TPSA) is 136 Å². The van der Waals surface area contributed by atoms with Crippen molar-refractivity contribution in [1.29, 1.82) is 0 Å². The zero-order valence-electron chi connectivity index (χ0n) is 9.86. The lowest BCUT2D eigenvalue weighted by atomic mass is 9.85. The van der Waals surface area contributed by atoms with Gasteiger partial charge in [-0.1, -0.05) is 0 Å². The van der Waals surface area contributed by atoms with Crippen molar-refractivity contribution in [1.82, 2.24) is 19.9 Å². The molecule has 1 aliphatic heterocycles. The molecular weight excluding hydrogens is 236 g/mol. The average molecular weight is 250 g/mol. The third kappa shape index (κ3) is 1.42. The normalized spacial score (nSPS) is 28.0. The Morgan fingerprint density at radius 2 is 2.22 bits per heavy atom. The minimum Gasteiger partial charge on any atom is -0.379 e. The SMILES string of the molecule is CC1(c2nc3nc(N)[nH]c(=O)c3[nH]2)COCC1N. The summed E-state index contributed by atoms with van der Waals surface area (Å²) in [5, 5.41) is 0. The third-order valence-electron chi connectivity index (χ3n) is 3.44. The average Bonchev–Trinajstić information content (AvgIpc) is 2.85. The fourth-order valence-electron chi connectivity index (χ4n) is 2.13. The first-order valence-corrected chi connectivity index (χ1v) is 5.60. The molecule has 0 saturated carbocycles. The van der Waals surface area contributed by atoms with Crippen LogP contribution >= 0.6 is 0 Å². The number of aromatic nitrogens is 4. The van der Waals surface area contributed by atoms with Gasteiger partial charge in [-0.3, -0.25) is 9.78 Å². The van der Waals surface area contributed by atoms with Crippen LogP contribution in [0, 0.1) is 0 Å². The molecule has 2 atom stereocenters. The van der Waals surface area contributed by atoms with Crippen LogP contribution in [0.5, 0.6) is 0 Å². The molecule has 0 aliphatic carbocycles. The van der Waals surface area contributed by atoms with Crippen LogP contribution in [0.25, 0.3) is 11.2 Å². The predicted molar refractivity (Wildman–Crippen MR) is 65.1 cm³/mol. The monoisotopic (exact) mass is 250 g/mol. The standard InChI is InChI=1S/C10H14N6O2/c1-10(3-18-2-4(10)11)8-13-5-6(14-8)15-9(12)16-7(5)17/h4H,2-3,11H2,1H3,(H4,12,13,14,15,16,17). The van der Waals surface area contributed by atoms with Crippen molar-refractivity contribution in [3.63, 3.8) is 0 Å². The first kappa shape index (κ1) is 11.2. The van der Waals surface area contributed by atoms with Crippen LogP contribution in [0.2, 0.25) is 0 Å². The van der Waals surface area contributed by atoms with Gasteiger partial charge < -0.3 is 21.2 Å². The van der Waals surface area contributed by atoms with Crippen LogP contribution in [0.15, 0.2) is 4.79 Å². The van der Waals surface area contributed by atoms with Crippen LogP contribution in [0.4, 0.5) is 5.95 Å². The minimum atomic E-state index is -0.443. The van der Waals surface area contributed by atoms with E-state index in [1.54, 1.807) is 0 Å². The molecule has 3 rings (SSSR count). The number of nitrogen functional groups attached to an aromatic ring is 1. The lowest BCUT2D eigenvalue weighted by molar-refractivity contribution is 0.178. The van der Waals surface area contributed by atoms with Gasteiger partial charge in [0.2, 0.25) is 5.95 Å². The summed E-state index contributed by atoms with van der Waals surface area (Å²) in [5.74, 6) is 0.647. The van der Waals surface area contributed by atoms with Gasteiger partial charge in [-0.15, -0.1) is 0 Å². The molecular formula is C10H14N6O2. The second-order valence-electron chi connectivity index (χ2n) is 4.77. The van der Waals surface area contributed by atoms with Gasteiger partial charge in [0.25, 0.3) is 5.56 Å². The number of anilines is 1. The number of ether oxygens (including phenoxy) is 1. The van der Waals surface area contributed by atoms with Crippen molar-refractivity contribution < 1.29 is 4.74 Å². The molecule has 8 heteroatoms. The van der Waals surface area contributed by atoms with E-state index in [1.807, 2.05) is 6.92 Å². The molecule has 0 spiro atoms. The van der Waals surface area contributed by atoms with Gasteiger partial charge in [0.05, 0.1) is 18.6 Å². The smallest absolute Gasteiger partial charge is 0.278 e. The largest absolute Gasteiger partial charge is 0.379 e. The van der Waals surface area contributed by atoms with Crippen LogP contribution in [-0.4, -0.2) is 39.2 Å². The molecule has 0 aromatic carbocycles. The number of hydrogen-bond donors (Lipinski definition) is 4. The highest BCUT2D eigenvalue weighted by molar-refractivity contribution is 5.70. The summed E-state index contributed by atoms with van der Waals surface area (Å²) < 4.78 is 5.36. The Kier molecular flexibility index (Phi) is 2.19. The number of H-pyrrole nitrogens is 2. The van der Waals surface area contributed by atoms with E-state index in [2.05, 4.69) is 19.9 Å².